The molecule has 1 aliphatic rings. The number of halogens is 1. The fourth-order valence-electron chi connectivity index (χ4n) is 2.08. The van der Waals surface area contributed by atoms with Gasteiger partial charge in [0.2, 0.25) is 9.47 Å². The van der Waals surface area contributed by atoms with Crippen molar-refractivity contribution in [2.24, 2.45) is 0 Å². The molecule has 0 radical (unpaired) electrons. The Morgan fingerprint density at radius 1 is 1.38 bits per heavy atom. The molecule has 0 aliphatic heterocycles. The molecule has 1 amide bonds. The second-order valence-electron chi connectivity index (χ2n) is 4.07. The highest BCUT2D eigenvalue weighted by Crippen LogP contribution is 2.24. The Bertz CT molecular complexity index is 376. The van der Waals surface area contributed by atoms with Crippen LogP contribution in [-0.4, -0.2) is 34.1 Å². The Kier molecular flexibility index (Phi) is 3.76. The number of aromatic nitrogens is 2. The lowest BCUT2D eigenvalue weighted by atomic mass is 9.94. The highest BCUT2D eigenvalue weighted by atomic mass is 35.5. The molecule has 1 aromatic rings. The van der Waals surface area contributed by atoms with Gasteiger partial charge in [0.05, 0.1) is 0 Å². The lowest BCUT2D eigenvalue weighted by Crippen LogP contribution is -2.38. The molecule has 0 spiro atoms. The third-order valence-electron chi connectivity index (χ3n) is 3.03. The monoisotopic (exact) mass is 259 g/mol. The van der Waals surface area contributed by atoms with Gasteiger partial charge in [-0.25, -0.2) is 0 Å². The third-order valence-corrected chi connectivity index (χ3v) is 4.03. The second-order valence-corrected chi connectivity index (χ2v) is 5.63. The minimum absolute atomic E-state index is 0.0590. The van der Waals surface area contributed by atoms with Crippen LogP contribution in [0.2, 0.25) is 4.47 Å². The molecule has 4 nitrogen and oxygen atoms in total. The van der Waals surface area contributed by atoms with Gasteiger partial charge < -0.3 is 4.90 Å². The van der Waals surface area contributed by atoms with Gasteiger partial charge in [0.25, 0.3) is 5.91 Å². The minimum Gasteiger partial charge on any atom is -0.337 e. The SMILES string of the molecule is CN(C(=O)c1nnc(Cl)s1)C1CCCCC1. The van der Waals surface area contributed by atoms with Crippen LogP contribution in [0.4, 0.5) is 0 Å². The molecule has 0 bridgehead atoms. The van der Waals surface area contributed by atoms with Crippen molar-refractivity contribution >= 4 is 28.8 Å². The van der Waals surface area contributed by atoms with E-state index in [-0.39, 0.29) is 5.91 Å². The van der Waals surface area contributed by atoms with E-state index >= 15 is 0 Å². The molecule has 1 fully saturated rings. The van der Waals surface area contributed by atoms with Gasteiger partial charge >= 0.3 is 0 Å². The lowest BCUT2D eigenvalue weighted by molar-refractivity contribution is 0.0695. The first-order valence-electron chi connectivity index (χ1n) is 5.44. The average Bonchev–Trinajstić information content (AvgIpc) is 2.75. The number of carbonyl (C=O) groups is 1. The molecule has 2 rings (SSSR count). The van der Waals surface area contributed by atoms with Gasteiger partial charge in [-0.05, 0) is 24.4 Å². The van der Waals surface area contributed by atoms with Gasteiger partial charge in [0.15, 0.2) is 0 Å². The van der Waals surface area contributed by atoms with Gasteiger partial charge in [0, 0.05) is 13.1 Å². The number of carbonyl (C=O) groups excluding carboxylic acids is 1. The first kappa shape index (κ1) is 11.8. The summed E-state index contributed by atoms with van der Waals surface area (Å²) >= 11 is 6.81. The molecule has 0 aromatic carbocycles. The van der Waals surface area contributed by atoms with E-state index < -0.39 is 0 Å². The minimum atomic E-state index is -0.0590. The lowest BCUT2D eigenvalue weighted by Gasteiger charge is -2.30. The van der Waals surface area contributed by atoms with Crippen molar-refractivity contribution in [1.82, 2.24) is 15.1 Å². The predicted octanol–water partition coefficient (Wildman–Crippen LogP) is 2.60. The summed E-state index contributed by atoms with van der Waals surface area (Å²) in [7, 11) is 1.84. The topological polar surface area (TPSA) is 46.1 Å². The summed E-state index contributed by atoms with van der Waals surface area (Å²) in [6.45, 7) is 0. The van der Waals surface area contributed by atoms with Crippen LogP contribution in [0.15, 0.2) is 0 Å². The Morgan fingerprint density at radius 3 is 2.62 bits per heavy atom. The van der Waals surface area contributed by atoms with E-state index in [1.807, 2.05) is 7.05 Å². The molecule has 0 atom stereocenters. The van der Waals surface area contributed by atoms with Gasteiger partial charge in [-0.3, -0.25) is 4.79 Å². The summed E-state index contributed by atoms with van der Waals surface area (Å²) in [5.41, 5.74) is 0. The van der Waals surface area contributed by atoms with Crippen molar-refractivity contribution in [2.75, 3.05) is 7.05 Å². The Hall–Kier alpha value is -0.680. The van der Waals surface area contributed by atoms with Crippen molar-refractivity contribution in [3.63, 3.8) is 0 Å². The van der Waals surface area contributed by atoms with Crippen LogP contribution >= 0.6 is 22.9 Å². The number of amides is 1. The van der Waals surface area contributed by atoms with E-state index in [1.165, 1.54) is 19.3 Å². The van der Waals surface area contributed by atoms with Gasteiger partial charge in [-0.15, -0.1) is 10.2 Å². The fraction of sp³-hybridized carbons (Fsp3) is 0.700. The molecule has 88 valence electrons. The maximum absolute atomic E-state index is 12.0. The molecule has 6 heteroatoms. The van der Waals surface area contributed by atoms with Crippen molar-refractivity contribution in [1.29, 1.82) is 0 Å². The zero-order chi connectivity index (χ0) is 11.5. The Balaban J connectivity index is 2.03. The zero-order valence-electron chi connectivity index (χ0n) is 9.15. The molecule has 16 heavy (non-hydrogen) atoms. The standard InChI is InChI=1S/C10H14ClN3OS/c1-14(7-5-3-2-4-6-7)9(15)8-12-13-10(11)16-8/h7H,2-6H2,1H3. The number of rotatable bonds is 2. The van der Waals surface area contributed by atoms with Crippen LogP contribution in [0.5, 0.6) is 0 Å². The van der Waals surface area contributed by atoms with E-state index in [0.717, 1.165) is 24.2 Å². The highest BCUT2D eigenvalue weighted by Gasteiger charge is 2.25. The fourth-order valence-corrected chi connectivity index (χ4v) is 2.89. The van der Waals surface area contributed by atoms with Crippen molar-refractivity contribution < 1.29 is 4.79 Å². The van der Waals surface area contributed by atoms with Crippen molar-refractivity contribution in [2.45, 2.75) is 38.1 Å². The van der Waals surface area contributed by atoms with E-state index in [0.29, 0.717) is 15.5 Å². The van der Waals surface area contributed by atoms with Crippen LogP contribution in [0.3, 0.4) is 0 Å². The van der Waals surface area contributed by atoms with E-state index in [2.05, 4.69) is 10.2 Å². The molecule has 0 saturated heterocycles. The summed E-state index contributed by atoms with van der Waals surface area (Å²) in [5.74, 6) is -0.0590. The van der Waals surface area contributed by atoms with Crippen LogP contribution in [-0.2, 0) is 0 Å². The summed E-state index contributed by atoms with van der Waals surface area (Å²) in [6.07, 6.45) is 5.88. The van der Waals surface area contributed by atoms with E-state index in [9.17, 15) is 4.79 Å². The quantitative estimate of drug-likeness (QED) is 0.820. The van der Waals surface area contributed by atoms with Crippen molar-refractivity contribution in [3.8, 4) is 0 Å². The second kappa shape index (κ2) is 5.10. The van der Waals surface area contributed by atoms with Gasteiger partial charge in [0.1, 0.15) is 0 Å². The molecule has 1 aromatic heterocycles. The third kappa shape index (κ3) is 2.52. The summed E-state index contributed by atoms with van der Waals surface area (Å²) in [5, 5.41) is 7.82. The van der Waals surface area contributed by atoms with Crippen LogP contribution in [0.1, 0.15) is 41.9 Å². The molecule has 0 N–H and O–H groups in total. The summed E-state index contributed by atoms with van der Waals surface area (Å²) in [6, 6.07) is 0.351. The predicted molar refractivity (Wildman–Crippen MR) is 63.9 cm³/mol. The van der Waals surface area contributed by atoms with Crippen molar-refractivity contribution in [3.05, 3.63) is 9.47 Å². The average molecular weight is 260 g/mol. The first-order valence-corrected chi connectivity index (χ1v) is 6.64. The maximum atomic E-state index is 12.0. The molecular weight excluding hydrogens is 246 g/mol. The summed E-state index contributed by atoms with van der Waals surface area (Å²) in [4.78, 5) is 13.8. The maximum Gasteiger partial charge on any atom is 0.284 e. The van der Waals surface area contributed by atoms with E-state index in [1.54, 1.807) is 4.90 Å². The van der Waals surface area contributed by atoms with Crippen LogP contribution in [0.25, 0.3) is 0 Å². The Labute approximate surface area is 104 Å². The number of hydrogen-bond donors (Lipinski definition) is 0. The van der Waals surface area contributed by atoms with E-state index in [4.69, 9.17) is 11.6 Å². The van der Waals surface area contributed by atoms with Gasteiger partial charge in [-0.2, -0.15) is 0 Å². The molecule has 1 aliphatic carbocycles. The Morgan fingerprint density at radius 2 is 2.06 bits per heavy atom. The summed E-state index contributed by atoms with van der Waals surface area (Å²) < 4.78 is 0.320. The van der Waals surface area contributed by atoms with Gasteiger partial charge in [-0.1, -0.05) is 30.6 Å². The smallest absolute Gasteiger partial charge is 0.284 e. The molecule has 1 heterocycles. The van der Waals surface area contributed by atoms with Crippen LogP contribution < -0.4 is 0 Å². The molecular formula is C10H14ClN3OS. The highest BCUT2D eigenvalue weighted by molar-refractivity contribution is 7.17. The largest absolute Gasteiger partial charge is 0.337 e. The number of nitrogens with zero attached hydrogens (tertiary/aromatic N) is 3. The zero-order valence-corrected chi connectivity index (χ0v) is 10.7. The number of hydrogen-bond acceptors (Lipinski definition) is 4. The first-order chi connectivity index (χ1) is 7.68. The molecule has 1 saturated carbocycles. The van der Waals surface area contributed by atoms with Crippen LogP contribution in [0, 0.1) is 0 Å². The normalized spacial score (nSPS) is 17.4. The molecule has 0 unspecified atom stereocenters.